The molecule has 1 aliphatic rings. The Morgan fingerprint density at radius 3 is 2.47 bits per heavy atom. The van der Waals surface area contributed by atoms with Gasteiger partial charge in [-0.05, 0) is 45.3 Å². The summed E-state index contributed by atoms with van der Waals surface area (Å²) in [6.07, 6.45) is 7.03. The van der Waals surface area contributed by atoms with E-state index in [0.29, 0.717) is 0 Å². The summed E-state index contributed by atoms with van der Waals surface area (Å²) in [5.74, 6) is 0.936. The Labute approximate surface area is 95.4 Å². The molecule has 0 aromatic carbocycles. The van der Waals surface area contributed by atoms with Crippen LogP contribution in [-0.4, -0.2) is 37.6 Å². The molecule has 0 aromatic rings. The highest BCUT2D eigenvalue weighted by Gasteiger charge is 2.24. The molecule has 0 heterocycles. The molecule has 0 radical (unpaired) electrons. The lowest BCUT2D eigenvalue weighted by Crippen LogP contribution is -2.44. The van der Waals surface area contributed by atoms with Crippen molar-refractivity contribution in [3.63, 3.8) is 0 Å². The summed E-state index contributed by atoms with van der Waals surface area (Å²) < 4.78 is 0. The minimum Gasteiger partial charge on any atom is -0.312 e. The SMILES string of the molecule is CCCNC(CN(C)CC)C1CCCC1. The Morgan fingerprint density at radius 2 is 1.93 bits per heavy atom. The summed E-state index contributed by atoms with van der Waals surface area (Å²) in [5.41, 5.74) is 0. The molecule has 1 fully saturated rings. The van der Waals surface area contributed by atoms with Gasteiger partial charge in [0.2, 0.25) is 0 Å². The van der Waals surface area contributed by atoms with Crippen LogP contribution in [0.25, 0.3) is 0 Å². The predicted molar refractivity (Wildman–Crippen MR) is 67.2 cm³/mol. The lowest BCUT2D eigenvalue weighted by atomic mass is 9.97. The first-order chi connectivity index (χ1) is 7.27. The van der Waals surface area contributed by atoms with Crippen LogP contribution >= 0.6 is 0 Å². The van der Waals surface area contributed by atoms with Crippen LogP contribution in [0.15, 0.2) is 0 Å². The predicted octanol–water partition coefficient (Wildman–Crippen LogP) is 2.50. The average molecular weight is 212 g/mol. The van der Waals surface area contributed by atoms with E-state index >= 15 is 0 Å². The first kappa shape index (κ1) is 13.0. The molecule has 1 N–H and O–H groups in total. The van der Waals surface area contributed by atoms with Gasteiger partial charge in [0.1, 0.15) is 0 Å². The second-order valence-electron chi connectivity index (χ2n) is 4.96. The average Bonchev–Trinajstić information content (AvgIpc) is 2.77. The van der Waals surface area contributed by atoms with Gasteiger partial charge in [-0.1, -0.05) is 26.7 Å². The van der Waals surface area contributed by atoms with Gasteiger partial charge < -0.3 is 10.2 Å². The van der Waals surface area contributed by atoms with E-state index in [-0.39, 0.29) is 0 Å². The zero-order chi connectivity index (χ0) is 11.1. The van der Waals surface area contributed by atoms with Gasteiger partial charge in [-0.25, -0.2) is 0 Å². The van der Waals surface area contributed by atoms with Gasteiger partial charge >= 0.3 is 0 Å². The molecule has 1 aliphatic carbocycles. The molecule has 90 valence electrons. The first-order valence-corrected chi connectivity index (χ1v) is 6.69. The lowest BCUT2D eigenvalue weighted by molar-refractivity contribution is 0.248. The molecular formula is C13H28N2. The Morgan fingerprint density at radius 1 is 1.27 bits per heavy atom. The topological polar surface area (TPSA) is 15.3 Å². The maximum absolute atomic E-state index is 3.73. The van der Waals surface area contributed by atoms with Crippen LogP contribution < -0.4 is 5.32 Å². The van der Waals surface area contributed by atoms with Gasteiger partial charge in [0.05, 0.1) is 0 Å². The molecule has 1 rings (SSSR count). The van der Waals surface area contributed by atoms with Crippen LogP contribution in [0.4, 0.5) is 0 Å². The van der Waals surface area contributed by atoms with Crippen LogP contribution in [0.3, 0.4) is 0 Å². The van der Waals surface area contributed by atoms with Crippen molar-refractivity contribution in [2.24, 2.45) is 5.92 Å². The minimum atomic E-state index is 0.734. The van der Waals surface area contributed by atoms with Crippen LogP contribution in [0.2, 0.25) is 0 Å². The summed E-state index contributed by atoms with van der Waals surface area (Å²) in [6.45, 7) is 8.06. The Balaban J connectivity index is 2.36. The van der Waals surface area contributed by atoms with Crippen LogP contribution in [0, 0.1) is 5.92 Å². The Bertz CT molecular complexity index is 153. The monoisotopic (exact) mass is 212 g/mol. The van der Waals surface area contributed by atoms with Crippen molar-refractivity contribution in [3.8, 4) is 0 Å². The molecule has 1 saturated carbocycles. The molecule has 0 bridgehead atoms. The fourth-order valence-electron chi connectivity index (χ4n) is 2.53. The number of likely N-dealkylation sites (N-methyl/N-ethyl adjacent to an activating group) is 1. The van der Waals surface area contributed by atoms with Crippen molar-refractivity contribution in [2.75, 3.05) is 26.7 Å². The summed E-state index contributed by atoms with van der Waals surface area (Å²) in [4.78, 5) is 2.44. The van der Waals surface area contributed by atoms with Crippen molar-refractivity contribution >= 4 is 0 Å². The number of hydrogen-bond donors (Lipinski definition) is 1. The lowest BCUT2D eigenvalue weighted by Gasteiger charge is -2.28. The summed E-state index contributed by atoms with van der Waals surface area (Å²) in [5, 5.41) is 3.73. The highest BCUT2D eigenvalue weighted by Crippen LogP contribution is 2.28. The van der Waals surface area contributed by atoms with Crippen LogP contribution in [-0.2, 0) is 0 Å². The normalized spacial score (nSPS) is 20.0. The molecule has 15 heavy (non-hydrogen) atoms. The van der Waals surface area contributed by atoms with Crippen LogP contribution in [0.1, 0.15) is 46.0 Å². The van der Waals surface area contributed by atoms with Gasteiger partial charge in [-0.3, -0.25) is 0 Å². The van der Waals surface area contributed by atoms with E-state index in [1.54, 1.807) is 0 Å². The molecule has 2 nitrogen and oxygen atoms in total. The maximum Gasteiger partial charge on any atom is 0.0223 e. The molecule has 1 unspecified atom stereocenters. The zero-order valence-electron chi connectivity index (χ0n) is 10.8. The third-order valence-corrected chi connectivity index (χ3v) is 3.67. The minimum absolute atomic E-state index is 0.734. The Hall–Kier alpha value is -0.0800. The summed E-state index contributed by atoms with van der Waals surface area (Å²) in [7, 11) is 2.23. The van der Waals surface area contributed by atoms with Gasteiger partial charge in [0.15, 0.2) is 0 Å². The van der Waals surface area contributed by atoms with Gasteiger partial charge in [-0.15, -0.1) is 0 Å². The molecule has 0 saturated heterocycles. The van der Waals surface area contributed by atoms with E-state index in [1.807, 2.05) is 0 Å². The van der Waals surface area contributed by atoms with Crippen molar-refractivity contribution < 1.29 is 0 Å². The standard InChI is InChI=1S/C13H28N2/c1-4-10-14-13(11-15(3)5-2)12-8-6-7-9-12/h12-14H,4-11H2,1-3H3. The quantitative estimate of drug-likeness (QED) is 0.697. The highest BCUT2D eigenvalue weighted by atomic mass is 15.1. The van der Waals surface area contributed by atoms with E-state index in [1.165, 1.54) is 45.2 Å². The number of rotatable bonds is 7. The zero-order valence-corrected chi connectivity index (χ0v) is 10.8. The second kappa shape index (κ2) is 7.24. The molecule has 0 spiro atoms. The van der Waals surface area contributed by atoms with Gasteiger partial charge in [0, 0.05) is 12.6 Å². The van der Waals surface area contributed by atoms with Crippen molar-refractivity contribution in [1.82, 2.24) is 10.2 Å². The molecule has 0 amide bonds. The maximum atomic E-state index is 3.73. The molecular weight excluding hydrogens is 184 g/mol. The van der Waals surface area contributed by atoms with E-state index in [2.05, 4.69) is 31.1 Å². The fraction of sp³-hybridized carbons (Fsp3) is 1.00. The van der Waals surface area contributed by atoms with Gasteiger partial charge in [-0.2, -0.15) is 0 Å². The molecule has 2 heteroatoms. The summed E-state index contributed by atoms with van der Waals surface area (Å²) in [6, 6.07) is 0.734. The molecule has 0 aliphatic heterocycles. The number of nitrogens with zero attached hydrogens (tertiary/aromatic N) is 1. The smallest absolute Gasteiger partial charge is 0.0223 e. The third kappa shape index (κ3) is 4.52. The second-order valence-corrected chi connectivity index (χ2v) is 4.96. The Kier molecular flexibility index (Phi) is 6.26. The fourth-order valence-corrected chi connectivity index (χ4v) is 2.53. The van der Waals surface area contributed by atoms with Gasteiger partial charge in [0.25, 0.3) is 0 Å². The van der Waals surface area contributed by atoms with E-state index in [0.717, 1.165) is 18.5 Å². The van der Waals surface area contributed by atoms with E-state index in [9.17, 15) is 0 Å². The van der Waals surface area contributed by atoms with Crippen molar-refractivity contribution in [2.45, 2.75) is 52.0 Å². The first-order valence-electron chi connectivity index (χ1n) is 6.69. The third-order valence-electron chi connectivity index (χ3n) is 3.67. The van der Waals surface area contributed by atoms with E-state index < -0.39 is 0 Å². The summed E-state index contributed by atoms with van der Waals surface area (Å²) >= 11 is 0. The van der Waals surface area contributed by atoms with Crippen molar-refractivity contribution in [1.29, 1.82) is 0 Å². The molecule has 0 aromatic heterocycles. The number of nitrogens with one attached hydrogen (secondary N) is 1. The highest BCUT2D eigenvalue weighted by molar-refractivity contribution is 4.82. The molecule has 1 atom stereocenters. The van der Waals surface area contributed by atoms with E-state index in [4.69, 9.17) is 0 Å². The largest absolute Gasteiger partial charge is 0.312 e. The number of hydrogen-bond acceptors (Lipinski definition) is 2. The van der Waals surface area contributed by atoms with Crippen LogP contribution in [0.5, 0.6) is 0 Å². The van der Waals surface area contributed by atoms with Crippen molar-refractivity contribution in [3.05, 3.63) is 0 Å².